The number of hydrogen-bond acceptors (Lipinski definition) is 10. The number of carbonyl (C=O) groups excluding carboxylic acids is 2. The predicted octanol–water partition coefficient (Wildman–Crippen LogP) is 2.00. The molecule has 12 nitrogen and oxygen atoms in total. The molecule has 2 bridgehead atoms. The molecule has 6 aliphatic rings. The third-order valence-corrected chi connectivity index (χ3v) is 14.0. The second kappa shape index (κ2) is 14.7. The summed E-state index contributed by atoms with van der Waals surface area (Å²) in [4.78, 5) is 35.7. The molecule has 0 aromatic carbocycles. The van der Waals surface area contributed by atoms with Crippen LogP contribution in [0, 0.1) is 52.8 Å². The highest BCUT2D eigenvalue weighted by Gasteiger charge is 2.58. The topological polar surface area (TPSA) is 158 Å². The summed E-state index contributed by atoms with van der Waals surface area (Å²) in [7, 11) is 2.06. The molecule has 6 unspecified atom stereocenters. The predicted molar refractivity (Wildman–Crippen MR) is 182 cm³/mol. The second-order valence-corrected chi connectivity index (χ2v) is 18.6. The first-order chi connectivity index (χ1) is 22.5. The maximum atomic E-state index is 14.2. The van der Waals surface area contributed by atoms with Crippen molar-refractivity contribution in [2.75, 3.05) is 40.6 Å². The van der Waals surface area contributed by atoms with Crippen molar-refractivity contribution in [2.45, 2.75) is 115 Å². The molecule has 6 rings (SSSR count). The lowest BCUT2D eigenvalue weighted by Gasteiger charge is -2.62. The zero-order chi connectivity index (χ0) is 35.3. The number of aliphatic hydroxyl groups excluding tert-OH is 2. The Morgan fingerprint density at radius 1 is 1.10 bits per heavy atom. The van der Waals surface area contributed by atoms with E-state index in [1.165, 1.54) is 6.42 Å². The third kappa shape index (κ3) is 7.62. The standard InChI is InChI=1S/C35H62N4O8S/c1-19-27-15-24(35(27,3)4)16-28(19)36-34(43)31-30(20(2)41)29(18-40)47-39(31)17-21-10-9-11-26(32(21)46-7)22-12-23(14-25(13-22)38(5)6)33(42)37-48(8,44)45/h19-32,40-41H,9-18H2,1-8H3,(H,36,43)(H,37,42)/t19-,20-,21?,22?,23?,24+,25?,26?,27-,28-,29-,30+,31-,32?/m0/s1. The Hall–Kier alpha value is -1.35. The van der Waals surface area contributed by atoms with Crippen LogP contribution < -0.4 is 10.0 Å². The lowest BCUT2D eigenvalue weighted by atomic mass is 9.45. The molecule has 0 aromatic rings. The van der Waals surface area contributed by atoms with Gasteiger partial charge >= 0.3 is 0 Å². The van der Waals surface area contributed by atoms with Crippen LogP contribution in [0.15, 0.2) is 0 Å². The number of amides is 2. The Morgan fingerprint density at radius 2 is 1.81 bits per heavy atom. The fraction of sp³-hybridized carbons (Fsp3) is 0.943. The third-order valence-electron chi connectivity index (χ3n) is 13.5. The summed E-state index contributed by atoms with van der Waals surface area (Å²) in [6, 6.07) is -0.563. The fourth-order valence-corrected chi connectivity index (χ4v) is 11.2. The summed E-state index contributed by atoms with van der Waals surface area (Å²) in [6.45, 7) is 8.68. The van der Waals surface area contributed by atoms with E-state index < -0.39 is 46.0 Å². The van der Waals surface area contributed by atoms with Crippen molar-refractivity contribution in [1.82, 2.24) is 20.0 Å². The Labute approximate surface area is 288 Å². The second-order valence-electron chi connectivity index (χ2n) is 16.8. The first kappa shape index (κ1) is 37.9. The first-order valence-corrected chi connectivity index (χ1v) is 20.1. The van der Waals surface area contributed by atoms with E-state index >= 15 is 0 Å². The van der Waals surface area contributed by atoms with Crippen molar-refractivity contribution in [3.05, 3.63) is 0 Å². The molecule has 6 fully saturated rings. The lowest BCUT2D eigenvalue weighted by molar-refractivity contribution is -0.193. The van der Waals surface area contributed by atoms with Gasteiger partial charge in [-0.1, -0.05) is 27.2 Å². The van der Waals surface area contributed by atoms with Gasteiger partial charge in [0.15, 0.2) is 0 Å². The van der Waals surface area contributed by atoms with Gasteiger partial charge in [0.05, 0.1) is 25.1 Å². The SMILES string of the molecule is COC1C(CN2O[C@@H](CO)[C@@H]([C@H](C)O)[C@H]2C(=O)N[C@H]2C[C@H]3C[C@@H]([C@@H]2C)C3(C)C)CCCC1C1CC(C(=O)NS(C)(=O)=O)CC(N(C)C)C1. The van der Waals surface area contributed by atoms with Crippen LogP contribution >= 0.6 is 0 Å². The maximum Gasteiger partial charge on any atom is 0.240 e. The van der Waals surface area contributed by atoms with Gasteiger partial charge in [0.2, 0.25) is 21.8 Å². The zero-order valence-corrected chi connectivity index (χ0v) is 31.1. The number of nitrogens with zero attached hydrogens (tertiary/aromatic N) is 2. The minimum absolute atomic E-state index is 0.0150. The summed E-state index contributed by atoms with van der Waals surface area (Å²) in [5.74, 6) is 0.196. The lowest BCUT2D eigenvalue weighted by Crippen LogP contribution is -2.62. The van der Waals surface area contributed by atoms with Gasteiger partial charge in [0, 0.05) is 43.5 Å². The van der Waals surface area contributed by atoms with Gasteiger partial charge in [-0.2, -0.15) is 5.06 Å². The number of nitrogens with one attached hydrogen (secondary N) is 2. The van der Waals surface area contributed by atoms with Crippen LogP contribution in [-0.2, 0) is 29.2 Å². The molecule has 1 saturated heterocycles. The molecule has 1 heterocycles. The number of rotatable bonds is 11. The first-order valence-electron chi connectivity index (χ1n) is 18.2. The molecule has 0 radical (unpaired) electrons. The van der Waals surface area contributed by atoms with Crippen molar-refractivity contribution in [3.63, 3.8) is 0 Å². The number of carbonyl (C=O) groups is 2. The van der Waals surface area contributed by atoms with Crippen molar-refractivity contribution >= 4 is 21.8 Å². The number of aliphatic hydroxyl groups is 2. The molecule has 13 heteroatoms. The average Bonchev–Trinajstić information content (AvgIpc) is 3.39. The minimum atomic E-state index is -3.66. The van der Waals surface area contributed by atoms with Crippen LogP contribution in [-0.4, -0.2) is 117 Å². The number of fused-ring (bicyclic) bond motifs is 2. The summed E-state index contributed by atoms with van der Waals surface area (Å²) in [5.41, 5.74) is 0.294. The van der Waals surface area contributed by atoms with Crippen LogP contribution in [0.25, 0.3) is 0 Å². The molecule has 1 aliphatic heterocycles. The van der Waals surface area contributed by atoms with E-state index in [4.69, 9.17) is 9.57 Å². The molecule has 276 valence electrons. The van der Waals surface area contributed by atoms with Gasteiger partial charge in [-0.05, 0) is 101 Å². The average molecular weight is 699 g/mol. The van der Waals surface area contributed by atoms with E-state index in [2.05, 4.69) is 35.7 Å². The number of methoxy groups -OCH3 is 1. The smallest absolute Gasteiger partial charge is 0.240 e. The van der Waals surface area contributed by atoms with Crippen LogP contribution in [0.5, 0.6) is 0 Å². The Balaban J connectivity index is 1.33. The van der Waals surface area contributed by atoms with Crippen LogP contribution in [0.3, 0.4) is 0 Å². The molecular weight excluding hydrogens is 636 g/mol. The maximum absolute atomic E-state index is 14.2. The van der Waals surface area contributed by atoms with Gasteiger partial charge in [0.1, 0.15) is 12.1 Å². The molecule has 0 spiro atoms. The van der Waals surface area contributed by atoms with E-state index in [0.717, 1.165) is 38.4 Å². The summed E-state index contributed by atoms with van der Waals surface area (Å²) in [6.07, 6.45) is 6.25. The highest BCUT2D eigenvalue weighted by molar-refractivity contribution is 7.89. The largest absolute Gasteiger partial charge is 0.394 e. The number of hydrogen-bond donors (Lipinski definition) is 4. The van der Waals surface area contributed by atoms with E-state index in [1.807, 2.05) is 14.1 Å². The molecule has 0 aromatic heterocycles. The summed E-state index contributed by atoms with van der Waals surface area (Å²) < 4.78 is 32.3. The molecule has 5 saturated carbocycles. The van der Waals surface area contributed by atoms with Gasteiger partial charge in [-0.15, -0.1) is 0 Å². The molecule has 48 heavy (non-hydrogen) atoms. The Kier molecular flexibility index (Phi) is 11.6. The monoisotopic (exact) mass is 698 g/mol. The number of ether oxygens (including phenoxy) is 1. The number of sulfonamides is 1. The van der Waals surface area contributed by atoms with E-state index in [0.29, 0.717) is 42.6 Å². The number of hydroxylamine groups is 2. The van der Waals surface area contributed by atoms with E-state index in [1.54, 1.807) is 19.1 Å². The van der Waals surface area contributed by atoms with Crippen molar-refractivity contribution in [1.29, 1.82) is 0 Å². The molecule has 2 amide bonds. The minimum Gasteiger partial charge on any atom is -0.394 e. The zero-order valence-electron chi connectivity index (χ0n) is 30.3. The van der Waals surface area contributed by atoms with E-state index in [9.17, 15) is 28.2 Å². The Morgan fingerprint density at radius 3 is 2.38 bits per heavy atom. The van der Waals surface area contributed by atoms with Gasteiger partial charge in [-0.3, -0.25) is 19.1 Å². The molecular formula is C35H62N4O8S. The van der Waals surface area contributed by atoms with Crippen molar-refractivity contribution in [2.24, 2.45) is 52.8 Å². The molecule has 4 N–H and O–H groups in total. The van der Waals surface area contributed by atoms with Crippen LogP contribution in [0.4, 0.5) is 0 Å². The van der Waals surface area contributed by atoms with Crippen molar-refractivity contribution in [3.8, 4) is 0 Å². The quantitative estimate of drug-likeness (QED) is 0.252. The van der Waals surface area contributed by atoms with Crippen molar-refractivity contribution < 1.29 is 37.8 Å². The fourth-order valence-electron chi connectivity index (χ4n) is 10.7. The summed E-state index contributed by atoms with van der Waals surface area (Å²) >= 11 is 0. The summed E-state index contributed by atoms with van der Waals surface area (Å²) in [5, 5.41) is 26.3. The highest BCUT2D eigenvalue weighted by atomic mass is 32.2. The van der Waals surface area contributed by atoms with Crippen LogP contribution in [0.1, 0.15) is 79.1 Å². The Bertz CT molecular complexity index is 1260. The van der Waals surface area contributed by atoms with Crippen LogP contribution in [0.2, 0.25) is 0 Å². The molecule has 5 aliphatic carbocycles. The molecule has 14 atom stereocenters. The van der Waals surface area contributed by atoms with Gasteiger partial charge in [0.25, 0.3) is 0 Å². The van der Waals surface area contributed by atoms with Gasteiger partial charge < -0.3 is 25.2 Å². The normalized spacial score (nSPS) is 42.2. The highest BCUT2D eigenvalue weighted by Crippen LogP contribution is 2.61. The van der Waals surface area contributed by atoms with Gasteiger partial charge in [-0.25, -0.2) is 8.42 Å². The van der Waals surface area contributed by atoms with E-state index in [-0.39, 0.29) is 48.5 Å².